The Morgan fingerprint density at radius 1 is 0.763 bits per heavy atom. The van der Waals surface area contributed by atoms with Crippen LogP contribution in [0.3, 0.4) is 0 Å². The van der Waals surface area contributed by atoms with Crippen LogP contribution in [0.2, 0.25) is 0 Å². The van der Waals surface area contributed by atoms with Crippen molar-refractivity contribution >= 4 is 31.5 Å². The number of hydrogen-bond donors (Lipinski definition) is 3. The molecule has 1 fully saturated rings. The third-order valence-electron chi connectivity index (χ3n) is 6.16. The highest BCUT2D eigenvalue weighted by Crippen LogP contribution is 2.57. The second kappa shape index (κ2) is 12.4. The van der Waals surface area contributed by atoms with Crippen LogP contribution < -0.4 is 5.32 Å². The van der Waals surface area contributed by atoms with E-state index in [0.29, 0.717) is 0 Å². The Morgan fingerprint density at radius 2 is 1.18 bits per heavy atom. The van der Waals surface area contributed by atoms with Gasteiger partial charge in [-0.25, -0.2) is 0 Å². The highest BCUT2D eigenvalue weighted by atomic mass is 31.2. The van der Waals surface area contributed by atoms with Gasteiger partial charge in [0.15, 0.2) is 0 Å². The van der Waals surface area contributed by atoms with E-state index in [1.807, 2.05) is 0 Å². The van der Waals surface area contributed by atoms with Gasteiger partial charge >= 0.3 is 31.5 Å². The lowest BCUT2D eigenvalue weighted by Gasteiger charge is -2.43. The van der Waals surface area contributed by atoms with Crippen molar-refractivity contribution < 1.29 is 52.5 Å². The van der Waals surface area contributed by atoms with Crippen molar-refractivity contribution in [3.63, 3.8) is 0 Å². The Balaban J connectivity index is 3.21. The molecule has 0 aromatic carbocycles. The van der Waals surface area contributed by atoms with Crippen LogP contribution in [0.4, 0.5) is 0 Å². The third-order valence-corrected chi connectivity index (χ3v) is 7.95. The van der Waals surface area contributed by atoms with Gasteiger partial charge in [0.05, 0.1) is 16.2 Å². The summed E-state index contributed by atoms with van der Waals surface area (Å²) in [5.74, 6) is -3.64. The van der Waals surface area contributed by atoms with Crippen LogP contribution in [0, 0.1) is 22.2 Å². The second-order valence-electron chi connectivity index (χ2n) is 12.8. The Bertz CT molecular complexity index is 891. The molecule has 2 atom stereocenters. The number of nitrogens with one attached hydrogen (secondary N) is 1. The van der Waals surface area contributed by atoms with E-state index in [1.165, 1.54) is 0 Å². The summed E-state index contributed by atoms with van der Waals surface area (Å²) < 4.78 is 33.8. The SMILES string of the molecule is CC(C)(C)C(=O)OCOC(=O)C1CC(C(COC(=O)C(C)(C)C)(COC(=O)C(C)(C)C)P(=O)(O)O)CCN1. The first-order chi connectivity index (χ1) is 17.0. The summed E-state index contributed by atoms with van der Waals surface area (Å²) in [6, 6.07) is -0.996. The summed E-state index contributed by atoms with van der Waals surface area (Å²) in [5, 5.41) is 0.832. The normalized spacial score (nSPS) is 19.3. The van der Waals surface area contributed by atoms with Gasteiger partial charge < -0.3 is 34.1 Å². The summed E-state index contributed by atoms with van der Waals surface area (Å²) in [6.07, 6.45) is 0.0747. The standard InChI is InChI=1S/C25H44NO11P/c1-22(2,3)19(28)34-13-25(38(31,32)33,14-35-20(29)23(4,5)6)16-10-11-26-17(12-16)18(27)36-15-37-21(30)24(7,8)9/h16-17,26H,10-15H2,1-9H3,(H2,31,32,33). The molecule has 0 spiro atoms. The fourth-order valence-corrected chi connectivity index (χ4v) is 4.72. The van der Waals surface area contributed by atoms with Crippen LogP contribution in [-0.4, -0.2) is 71.4 Å². The van der Waals surface area contributed by atoms with E-state index in [2.05, 4.69) is 5.32 Å². The van der Waals surface area contributed by atoms with Crippen molar-refractivity contribution in [1.29, 1.82) is 0 Å². The summed E-state index contributed by atoms with van der Waals surface area (Å²) in [7, 11) is -5.11. The minimum atomic E-state index is -5.11. The zero-order valence-corrected chi connectivity index (χ0v) is 24.8. The van der Waals surface area contributed by atoms with Gasteiger partial charge in [-0.15, -0.1) is 0 Å². The number of carbonyl (C=O) groups excluding carboxylic acids is 4. The molecule has 0 aromatic heterocycles. The molecule has 3 N–H and O–H groups in total. The van der Waals surface area contributed by atoms with Gasteiger partial charge in [0.25, 0.3) is 0 Å². The van der Waals surface area contributed by atoms with Crippen LogP contribution in [0.15, 0.2) is 0 Å². The summed E-state index contributed by atoms with van der Waals surface area (Å²) >= 11 is 0. The molecule has 12 nitrogen and oxygen atoms in total. The zero-order chi connectivity index (χ0) is 29.7. The molecule has 220 valence electrons. The van der Waals surface area contributed by atoms with Gasteiger partial charge in [0.1, 0.15) is 24.4 Å². The van der Waals surface area contributed by atoms with Crippen LogP contribution >= 0.6 is 7.60 Å². The minimum absolute atomic E-state index is 0.114. The highest BCUT2D eigenvalue weighted by molar-refractivity contribution is 7.53. The number of piperidine rings is 1. The highest BCUT2D eigenvalue weighted by Gasteiger charge is 2.57. The molecular weight excluding hydrogens is 521 g/mol. The average Bonchev–Trinajstić information content (AvgIpc) is 2.75. The first-order valence-corrected chi connectivity index (χ1v) is 14.1. The van der Waals surface area contributed by atoms with Crippen molar-refractivity contribution in [2.24, 2.45) is 22.2 Å². The smallest absolute Gasteiger partial charge is 0.338 e. The van der Waals surface area contributed by atoms with Gasteiger partial charge in [-0.05, 0) is 87.6 Å². The summed E-state index contributed by atoms with van der Waals surface area (Å²) in [6.45, 7) is 12.6. The van der Waals surface area contributed by atoms with Crippen molar-refractivity contribution in [1.82, 2.24) is 5.32 Å². The molecule has 0 bridgehead atoms. The van der Waals surface area contributed by atoms with Gasteiger partial charge in [-0.1, -0.05) is 0 Å². The number of hydrogen-bond acceptors (Lipinski definition) is 10. The van der Waals surface area contributed by atoms with E-state index in [4.69, 9.17) is 18.9 Å². The van der Waals surface area contributed by atoms with E-state index in [1.54, 1.807) is 62.3 Å². The fourth-order valence-electron chi connectivity index (χ4n) is 3.54. The van der Waals surface area contributed by atoms with Crippen LogP contribution in [0.1, 0.15) is 75.2 Å². The minimum Gasteiger partial charge on any atom is -0.464 e. The van der Waals surface area contributed by atoms with Gasteiger partial charge in [0.2, 0.25) is 6.79 Å². The lowest BCUT2D eigenvalue weighted by atomic mass is 9.81. The largest absolute Gasteiger partial charge is 0.464 e. The van der Waals surface area contributed by atoms with Crippen molar-refractivity contribution in [2.75, 3.05) is 26.6 Å². The van der Waals surface area contributed by atoms with Crippen molar-refractivity contribution in [3.8, 4) is 0 Å². The fraction of sp³-hybridized carbons (Fsp3) is 0.840. The molecule has 0 aromatic rings. The Kier molecular flexibility index (Phi) is 11.1. The molecule has 0 radical (unpaired) electrons. The maximum atomic E-state index is 13.0. The van der Waals surface area contributed by atoms with Crippen LogP contribution in [-0.2, 0) is 42.7 Å². The molecule has 0 saturated carbocycles. The van der Waals surface area contributed by atoms with E-state index in [-0.39, 0.29) is 19.4 Å². The van der Waals surface area contributed by atoms with Gasteiger partial charge in [0, 0.05) is 0 Å². The van der Waals surface area contributed by atoms with Crippen molar-refractivity contribution in [3.05, 3.63) is 0 Å². The Labute approximate surface area is 224 Å². The summed E-state index contributed by atoms with van der Waals surface area (Å²) in [4.78, 5) is 70.8. The van der Waals surface area contributed by atoms with Gasteiger partial charge in [-0.2, -0.15) is 0 Å². The number of carbonyl (C=O) groups is 4. The maximum absolute atomic E-state index is 13.0. The molecule has 38 heavy (non-hydrogen) atoms. The molecule has 0 amide bonds. The number of rotatable bonds is 9. The molecule has 1 saturated heterocycles. The predicted molar refractivity (Wildman–Crippen MR) is 137 cm³/mol. The second-order valence-corrected chi connectivity index (χ2v) is 14.8. The monoisotopic (exact) mass is 565 g/mol. The Hall–Kier alpha value is -2.01. The molecule has 1 heterocycles. The molecule has 1 rings (SSSR count). The van der Waals surface area contributed by atoms with Gasteiger partial charge in [-0.3, -0.25) is 23.7 Å². The number of esters is 4. The first kappa shape index (κ1) is 34.0. The quantitative estimate of drug-likeness (QED) is 0.161. The number of ether oxygens (including phenoxy) is 4. The van der Waals surface area contributed by atoms with E-state index in [9.17, 15) is 33.5 Å². The maximum Gasteiger partial charge on any atom is 0.338 e. The topological polar surface area (TPSA) is 175 Å². The predicted octanol–water partition coefficient (Wildman–Crippen LogP) is 2.54. The van der Waals surface area contributed by atoms with E-state index >= 15 is 0 Å². The zero-order valence-electron chi connectivity index (χ0n) is 23.9. The first-order valence-electron chi connectivity index (χ1n) is 12.5. The van der Waals surface area contributed by atoms with Crippen LogP contribution in [0.5, 0.6) is 0 Å². The molecule has 1 aliphatic heterocycles. The molecular formula is C25H44NO11P. The lowest BCUT2D eigenvalue weighted by Crippen LogP contribution is -2.55. The third kappa shape index (κ3) is 9.32. The Morgan fingerprint density at radius 3 is 1.58 bits per heavy atom. The molecule has 2 unspecified atom stereocenters. The molecule has 1 aliphatic rings. The van der Waals surface area contributed by atoms with Crippen LogP contribution in [0.25, 0.3) is 0 Å². The van der Waals surface area contributed by atoms with Crippen molar-refractivity contribution in [2.45, 2.75) is 86.4 Å². The average molecular weight is 566 g/mol. The molecule has 0 aliphatic carbocycles. The van der Waals surface area contributed by atoms with E-state index in [0.717, 1.165) is 0 Å². The lowest BCUT2D eigenvalue weighted by molar-refractivity contribution is -0.175. The summed E-state index contributed by atoms with van der Waals surface area (Å²) in [5.41, 5.74) is -2.69. The molecule has 13 heteroatoms. The van der Waals surface area contributed by atoms with E-state index < -0.39 is 84.8 Å².